The highest BCUT2D eigenvalue weighted by Crippen LogP contribution is 2.25. The molecule has 0 saturated carbocycles. The van der Waals surface area contributed by atoms with E-state index in [1.54, 1.807) is 6.07 Å². The van der Waals surface area contributed by atoms with Gasteiger partial charge in [0.15, 0.2) is 6.10 Å². The molecule has 0 heterocycles. The molecule has 2 N–H and O–H groups in total. The molecule has 4 nitrogen and oxygen atoms in total. The van der Waals surface area contributed by atoms with E-state index in [0.29, 0.717) is 17.0 Å². The van der Waals surface area contributed by atoms with Gasteiger partial charge >= 0.3 is 12.5 Å². The summed E-state index contributed by atoms with van der Waals surface area (Å²) < 4.78 is 82.5. The third kappa shape index (κ3) is 7.26. The molecule has 27 heavy (non-hydrogen) atoms. The zero-order valence-electron chi connectivity index (χ0n) is 13.6. The first-order chi connectivity index (χ1) is 12.5. The molecule has 0 radical (unpaired) electrons. The van der Waals surface area contributed by atoms with Crippen molar-refractivity contribution in [2.24, 2.45) is 0 Å². The van der Waals surface area contributed by atoms with Crippen LogP contribution in [0.5, 0.6) is 11.5 Å². The molecule has 0 saturated heterocycles. The van der Waals surface area contributed by atoms with Crippen LogP contribution in [0.25, 0.3) is 0 Å². The molecular formula is C17H15F6NO3. The summed E-state index contributed by atoms with van der Waals surface area (Å²) in [4.78, 5) is 0. The highest BCUT2D eigenvalue weighted by Gasteiger charge is 2.37. The van der Waals surface area contributed by atoms with Crippen molar-refractivity contribution in [3.8, 4) is 11.5 Å². The molecule has 0 spiro atoms. The molecule has 1 atom stereocenters. The van der Waals surface area contributed by atoms with Crippen molar-refractivity contribution in [3.05, 3.63) is 54.1 Å². The summed E-state index contributed by atoms with van der Waals surface area (Å²) in [5, 5.41) is 11.3. The Balaban J connectivity index is 1.87. The number of hydrogen-bond acceptors (Lipinski definition) is 4. The zero-order valence-corrected chi connectivity index (χ0v) is 13.6. The molecule has 0 bridgehead atoms. The first-order valence-corrected chi connectivity index (χ1v) is 7.59. The minimum Gasteiger partial charge on any atom is -0.489 e. The van der Waals surface area contributed by atoms with Gasteiger partial charge in [0.1, 0.15) is 18.1 Å². The van der Waals surface area contributed by atoms with Crippen molar-refractivity contribution in [2.45, 2.75) is 25.2 Å². The van der Waals surface area contributed by atoms with E-state index in [1.165, 1.54) is 36.4 Å². The van der Waals surface area contributed by atoms with Gasteiger partial charge in [-0.3, -0.25) is 0 Å². The maximum atomic E-state index is 12.2. The van der Waals surface area contributed by atoms with Crippen LogP contribution in [0.3, 0.4) is 0 Å². The lowest BCUT2D eigenvalue weighted by Crippen LogP contribution is -2.34. The Bertz CT molecular complexity index is 731. The summed E-state index contributed by atoms with van der Waals surface area (Å²) in [6, 6.07) is 11.1. The smallest absolute Gasteiger partial charge is 0.489 e. The van der Waals surface area contributed by atoms with Crippen molar-refractivity contribution in [2.75, 3.05) is 11.9 Å². The number of alkyl halides is 6. The number of nitrogens with one attached hydrogen (secondary N) is 1. The minimum absolute atomic E-state index is 0.0331. The molecule has 2 aromatic rings. The normalized spacial score (nSPS) is 13.1. The Morgan fingerprint density at radius 1 is 0.926 bits per heavy atom. The summed E-state index contributed by atoms with van der Waals surface area (Å²) in [5.74, 6) is -0.00886. The fraction of sp³-hybridized carbons (Fsp3) is 0.294. The van der Waals surface area contributed by atoms with Crippen LogP contribution in [-0.4, -0.2) is 30.3 Å². The molecule has 0 aromatic heterocycles. The third-order valence-corrected chi connectivity index (χ3v) is 3.27. The number of ether oxygens (including phenoxy) is 2. The molecule has 10 heteroatoms. The number of hydrogen-bond donors (Lipinski definition) is 2. The molecule has 2 aromatic carbocycles. The van der Waals surface area contributed by atoms with Gasteiger partial charge in [0.05, 0.1) is 0 Å². The first-order valence-electron chi connectivity index (χ1n) is 7.59. The Hall–Kier alpha value is -2.62. The van der Waals surface area contributed by atoms with E-state index in [2.05, 4.69) is 10.1 Å². The van der Waals surface area contributed by atoms with Crippen LogP contribution in [0.2, 0.25) is 0 Å². The van der Waals surface area contributed by atoms with Crippen LogP contribution in [0.1, 0.15) is 5.56 Å². The molecule has 0 aliphatic heterocycles. The van der Waals surface area contributed by atoms with Crippen LogP contribution < -0.4 is 14.8 Å². The van der Waals surface area contributed by atoms with E-state index in [9.17, 15) is 26.3 Å². The molecule has 148 valence electrons. The van der Waals surface area contributed by atoms with Crippen molar-refractivity contribution in [1.29, 1.82) is 0 Å². The Morgan fingerprint density at radius 3 is 2.19 bits per heavy atom. The Kier molecular flexibility index (Phi) is 6.42. The number of aliphatic hydroxyl groups is 1. The number of benzene rings is 2. The van der Waals surface area contributed by atoms with E-state index in [4.69, 9.17) is 9.84 Å². The summed E-state index contributed by atoms with van der Waals surface area (Å²) in [6.45, 7) is -0.732. The van der Waals surface area contributed by atoms with Crippen LogP contribution in [-0.2, 0) is 6.61 Å². The number of aliphatic hydroxyl groups excluding tert-OH is 1. The van der Waals surface area contributed by atoms with Gasteiger partial charge < -0.3 is 19.9 Å². The van der Waals surface area contributed by atoms with Crippen LogP contribution in [0, 0.1) is 0 Å². The van der Waals surface area contributed by atoms with E-state index >= 15 is 0 Å². The lowest BCUT2D eigenvalue weighted by Gasteiger charge is -2.16. The zero-order chi connectivity index (χ0) is 20.1. The molecule has 1 unspecified atom stereocenters. The SMILES string of the molecule is OC(CNc1ccc(OCc2cccc(OC(F)(F)F)c2)cc1)C(F)(F)F. The van der Waals surface area contributed by atoms with Gasteiger partial charge in [-0.1, -0.05) is 12.1 Å². The summed E-state index contributed by atoms with van der Waals surface area (Å²) in [5.41, 5.74) is 0.776. The van der Waals surface area contributed by atoms with E-state index in [0.717, 1.165) is 6.07 Å². The van der Waals surface area contributed by atoms with Crippen molar-refractivity contribution >= 4 is 5.69 Å². The first kappa shape index (κ1) is 20.7. The number of halogens is 6. The average molecular weight is 395 g/mol. The van der Waals surface area contributed by atoms with Crippen molar-refractivity contribution < 1.29 is 40.9 Å². The fourth-order valence-electron chi connectivity index (χ4n) is 2.00. The van der Waals surface area contributed by atoms with E-state index < -0.39 is 25.2 Å². The second kappa shape index (κ2) is 8.38. The standard InChI is InChI=1S/C17H15F6NO3/c18-16(19,20)15(25)9-24-12-4-6-13(7-5-12)26-10-11-2-1-3-14(8-11)27-17(21,22)23/h1-8,15,24-25H,9-10H2. The summed E-state index contributed by atoms with van der Waals surface area (Å²) in [6.07, 6.45) is -12.0. The molecule has 0 amide bonds. The second-order valence-electron chi connectivity index (χ2n) is 5.45. The van der Waals surface area contributed by atoms with Gasteiger partial charge in [-0.25, -0.2) is 0 Å². The van der Waals surface area contributed by atoms with Gasteiger partial charge in [-0.05, 0) is 42.0 Å². The Labute approximate surface area is 150 Å². The number of anilines is 1. The predicted molar refractivity (Wildman–Crippen MR) is 84.5 cm³/mol. The summed E-state index contributed by atoms with van der Waals surface area (Å²) in [7, 11) is 0. The Morgan fingerprint density at radius 2 is 1.59 bits per heavy atom. The van der Waals surface area contributed by atoms with Gasteiger partial charge in [0, 0.05) is 12.2 Å². The summed E-state index contributed by atoms with van der Waals surface area (Å²) >= 11 is 0. The van der Waals surface area contributed by atoms with Gasteiger partial charge in [0.25, 0.3) is 0 Å². The number of rotatable bonds is 7. The van der Waals surface area contributed by atoms with Gasteiger partial charge in [-0.2, -0.15) is 13.2 Å². The average Bonchev–Trinajstić information content (AvgIpc) is 2.56. The fourth-order valence-corrected chi connectivity index (χ4v) is 2.00. The lowest BCUT2D eigenvalue weighted by molar-refractivity contribution is -0.274. The van der Waals surface area contributed by atoms with Gasteiger partial charge in [-0.15, -0.1) is 13.2 Å². The molecule has 2 rings (SSSR count). The lowest BCUT2D eigenvalue weighted by atomic mass is 10.2. The topological polar surface area (TPSA) is 50.7 Å². The second-order valence-corrected chi connectivity index (χ2v) is 5.45. The predicted octanol–water partition coefficient (Wildman–Crippen LogP) is 4.50. The largest absolute Gasteiger partial charge is 0.573 e. The van der Waals surface area contributed by atoms with E-state index in [1.807, 2.05) is 0 Å². The van der Waals surface area contributed by atoms with E-state index in [-0.39, 0.29) is 12.4 Å². The maximum absolute atomic E-state index is 12.2. The quantitative estimate of drug-likeness (QED) is 0.678. The van der Waals surface area contributed by atoms with Crippen LogP contribution >= 0.6 is 0 Å². The van der Waals surface area contributed by atoms with Crippen LogP contribution in [0.15, 0.2) is 48.5 Å². The molecule has 0 aliphatic rings. The highest BCUT2D eigenvalue weighted by molar-refractivity contribution is 5.46. The molecule has 0 aliphatic carbocycles. The molecule has 0 fully saturated rings. The van der Waals surface area contributed by atoms with Gasteiger partial charge in [0.2, 0.25) is 0 Å². The highest BCUT2D eigenvalue weighted by atomic mass is 19.4. The molecular weight excluding hydrogens is 380 g/mol. The monoisotopic (exact) mass is 395 g/mol. The van der Waals surface area contributed by atoms with Crippen molar-refractivity contribution in [1.82, 2.24) is 0 Å². The third-order valence-electron chi connectivity index (χ3n) is 3.27. The van der Waals surface area contributed by atoms with Crippen molar-refractivity contribution in [3.63, 3.8) is 0 Å². The minimum atomic E-state index is -4.79. The van der Waals surface area contributed by atoms with Crippen LogP contribution in [0.4, 0.5) is 32.0 Å². The maximum Gasteiger partial charge on any atom is 0.573 e.